The van der Waals surface area contributed by atoms with E-state index in [1.165, 1.54) is 13.8 Å². The summed E-state index contributed by atoms with van der Waals surface area (Å²) in [6.45, 7) is 2.65. The highest BCUT2D eigenvalue weighted by Gasteiger charge is 2.26. The number of aliphatic hydroxyl groups is 4. The predicted octanol–water partition coefficient (Wildman–Crippen LogP) is -1.67. The van der Waals surface area contributed by atoms with Gasteiger partial charge in [-0.3, -0.25) is 9.59 Å². The lowest BCUT2D eigenvalue weighted by molar-refractivity contribution is -0.214. The molecule has 0 rings (SSSR count). The van der Waals surface area contributed by atoms with Gasteiger partial charge in [0, 0.05) is 13.3 Å². The van der Waals surface area contributed by atoms with E-state index in [0.29, 0.717) is 0 Å². The number of carbonyl (C=O) groups excluding carboxylic acids is 2. The van der Waals surface area contributed by atoms with E-state index in [1.807, 2.05) is 0 Å². The molecule has 0 aromatic rings. The molecule has 4 unspecified atom stereocenters. The molecule has 0 aliphatic carbocycles. The third-order valence-corrected chi connectivity index (χ3v) is 3.08. The Kier molecular flexibility index (Phi) is 12.3. The molecule has 0 bridgehead atoms. The summed E-state index contributed by atoms with van der Waals surface area (Å²) in [7, 11) is 0. The van der Waals surface area contributed by atoms with Crippen LogP contribution in [-0.4, -0.2) is 89.5 Å². The van der Waals surface area contributed by atoms with Crippen LogP contribution in [-0.2, 0) is 28.5 Å². The van der Waals surface area contributed by atoms with Crippen LogP contribution in [0.15, 0.2) is 0 Å². The molecular weight excluding hydrogens is 340 g/mol. The van der Waals surface area contributed by atoms with Crippen LogP contribution in [0.5, 0.6) is 0 Å². The van der Waals surface area contributed by atoms with Crippen LogP contribution in [0.1, 0.15) is 27.2 Å². The van der Waals surface area contributed by atoms with Crippen LogP contribution in [0, 0.1) is 0 Å². The fourth-order valence-electron chi connectivity index (χ4n) is 1.58. The number of rotatable bonds is 13. The molecule has 5 atom stereocenters. The lowest BCUT2D eigenvalue weighted by Gasteiger charge is -2.27. The monoisotopic (exact) mass is 368 g/mol. The first-order chi connectivity index (χ1) is 11.7. The second kappa shape index (κ2) is 13.0. The summed E-state index contributed by atoms with van der Waals surface area (Å²) in [5.74, 6) is -1.09. The highest BCUT2D eigenvalue weighted by molar-refractivity contribution is 5.68. The van der Waals surface area contributed by atoms with Gasteiger partial charge in [0.2, 0.25) is 0 Å². The molecule has 0 aromatic carbocycles. The van der Waals surface area contributed by atoms with Gasteiger partial charge in [0.25, 0.3) is 0 Å². The highest BCUT2D eigenvalue weighted by atomic mass is 16.7. The first kappa shape index (κ1) is 23.7. The van der Waals surface area contributed by atoms with Gasteiger partial charge >= 0.3 is 11.9 Å². The van der Waals surface area contributed by atoms with E-state index in [0.717, 1.165) is 0 Å². The largest absolute Gasteiger partial charge is 0.463 e. The van der Waals surface area contributed by atoms with Gasteiger partial charge in [-0.25, -0.2) is 0 Å². The number of ether oxygens (including phenoxy) is 4. The average molecular weight is 368 g/mol. The van der Waals surface area contributed by atoms with Crippen LogP contribution >= 0.6 is 0 Å². The Morgan fingerprint density at radius 3 is 2.12 bits per heavy atom. The van der Waals surface area contributed by atoms with Crippen LogP contribution in [0.2, 0.25) is 0 Å². The summed E-state index contributed by atoms with van der Waals surface area (Å²) in [5.41, 5.74) is 0. The van der Waals surface area contributed by atoms with E-state index in [9.17, 15) is 24.9 Å². The number of aliphatic hydroxyl groups excluding tert-OH is 4. The molecule has 25 heavy (non-hydrogen) atoms. The Labute approximate surface area is 146 Å². The van der Waals surface area contributed by atoms with Gasteiger partial charge in [-0.15, -0.1) is 0 Å². The lowest BCUT2D eigenvalue weighted by atomic mass is 10.2. The average Bonchev–Trinajstić information content (AvgIpc) is 2.59. The summed E-state index contributed by atoms with van der Waals surface area (Å²) in [6.07, 6.45) is -5.79. The van der Waals surface area contributed by atoms with Gasteiger partial charge in [0.1, 0.15) is 37.6 Å². The fourth-order valence-corrected chi connectivity index (χ4v) is 1.58. The van der Waals surface area contributed by atoms with Gasteiger partial charge in [-0.2, -0.15) is 0 Å². The summed E-state index contributed by atoms with van der Waals surface area (Å²) < 4.78 is 20.2. The van der Waals surface area contributed by atoms with E-state index in [4.69, 9.17) is 24.1 Å². The number of hydrogen-bond donors (Lipinski definition) is 4. The van der Waals surface area contributed by atoms with E-state index in [1.54, 1.807) is 6.92 Å². The van der Waals surface area contributed by atoms with Crippen LogP contribution in [0.25, 0.3) is 0 Å². The van der Waals surface area contributed by atoms with Gasteiger partial charge in [0.15, 0.2) is 6.29 Å². The van der Waals surface area contributed by atoms with Gasteiger partial charge in [-0.05, 0) is 6.92 Å². The standard InChI is InChI=1S/C15H28O10/c1-4-15(21)24-7-13(20)14(8-22-9(2)17)25-10(3)23-6-12(19)11(18)5-16/h10-14,16,18-20H,4-8H2,1-3H3/t10?,11?,12?,13-,14?/m0/s1. The summed E-state index contributed by atoms with van der Waals surface area (Å²) in [5, 5.41) is 37.5. The summed E-state index contributed by atoms with van der Waals surface area (Å²) in [6, 6.07) is 0. The molecule has 10 heteroatoms. The Balaban J connectivity index is 4.53. The molecule has 0 aliphatic heterocycles. The third-order valence-electron chi connectivity index (χ3n) is 3.08. The minimum absolute atomic E-state index is 0.146. The van der Waals surface area contributed by atoms with Crippen LogP contribution < -0.4 is 0 Å². The van der Waals surface area contributed by atoms with Crippen LogP contribution in [0.4, 0.5) is 0 Å². The third kappa shape index (κ3) is 11.0. The molecule has 0 amide bonds. The second-order valence-electron chi connectivity index (χ2n) is 5.30. The van der Waals surface area contributed by atoms with E-state index in [2.05, 4.69) is 0 Å². The maximum atomic E-state index is 11.1. The quantitative estimate of drug-likeness (QED) is 0.219. The first-order valence-corrected chi connectivity index (χ1v) is 7.92. The Bertz CT molecular complexity index is 389. The summed E-state index contributed by atoms with van der Waals surface area (Å²) >= 11 is 0. The van der Waals surface area contributed by atoms with Crippen molar-refractivity contribution in [2.45, 2.75) is 57.9 Å². The molecule has 0 radical (unpaired) electrons. The molecule has 0 saturated carbocycles. The van der Waals surface area contributed by atoms with Gasteiger partial charge < -0.3 is 39.4 Å². The zero-order valence-electron chi connectivity index (χ0n) is 14.7. The van der Waals surface area contributed by atoms with Crippen molar-refractivity contribution in [3.8, 4) is 0 Å². The van der Waals surface area contributed by atoms with Crippen molar-refractivity contribution in [1.29, 1.82) is 0 Å². The molecule has 0 fully saturated rings. The fraction of sp³-hybridized carbons (Fsp3) is 0.867. The molecule has 4 N–H and O–H groups in total. The van der Waals surface area contributed by atoms with Crippen molar-refractivity contribution in [2.75, 3.05) is 26.4 Å². The maximum absolute atomic E-state index is 11.1. The number of carbonyl (C=O) groups is 2. The maximum Gasteiger partial charge on any atom is 0.305 e. The first-order valence-electron chi connectivity index (χ1n) is 7.92. The highest BCUT2D eigenvalue weighted by Crippen LogP contribution is 2.09. The van der Waals surface area contributed by atoms with Crippen LogP contribution in [0.3, 0.4) is 0 Å². The van der Waals surface area contributed by atoms with Crippen molar-refractivity contribution in [3.05, 3.63) is 0 Å². The van der Waals surface area contributed by atoms with Crippen molar-refractivity contribution >= 4 is 11.9 Å². The molecular formula is C15H28O10. The molecule has 0 spiro atoms. The zero-order chi connectivity index (χ0) is 19.4. The molecule has 148 valence electrons. The van der Waals surface area contributed by atoms with E-state index < -0.39 is 49.3 Å². The molecule has 10 nitrogen and oxygen atoms in total. The second-order valence-corrected chi connectivity index (χ2v) is 5.30. The number of esters is 2. The minimum Gasteiger partial charge on any atom is -0.463 e. The zero-order valence-corrected chi connectivity index (χ0v) is 14.7. The van der Waals surface area contributed by atoms with Crippen molar-refractivity contribution in [2.24, 2.45) is 0 Å². The normalized spacial score (nSPS) is 17.2. The predicted molar refractivity (Wildman–Crippen MR) is 83.3 cm³/mol. The van der Waals surface area contributed by atoms with E-state index in [-0.39, 0.29) is 26.2 Å². The Hall–Kier alpha value is -1.30. The lowest BCUT2D eigenvalue weighted by Crippen LogP contribution is -2.41. The van der Waals surface area contributed by atoms with Gasteiger partial charge in [-0.1, -0.05) is 6.92 Å². The summed E-state index contributed by atoms with van der Waals surface area (Å²) in [4.78, 5) is 22.1. The minimum atomic E-state index is -1.36. The van der Waals surface area contributed by atoms with Crippen molar-refractivity contribution in [3.63, 3.8) is 0 Å². The Morgan fingerprint density at radius 1 is 0.960 bits per heavy atom. The smallest absolute Gasteiger partial charge is 0.305 e. The van der Waals surface area contributed by atoms with Crippen molar-refractivity contribution < 1.29 is 49.0 Å². The molecule has 0 aliphatic rings. The molecule has 0 saturated heterocycles. The number of hydrogen-bond acceptors (Lipinski definition) is 10. The topological polar surface area (TPSA) is 152 Å². The SMILES string of the molecule is CCC(=O)OC[C@H](O)C(COC(C)=O)OC(C)OCC(O)C(O)CO. The molecule has 0 aromatic heterocycles. The van der Waals surface area contributed by atoms with E-state index >= 15 is 0 Å². The molecule has 0 heterocycles. The Morgan fingerprint density at radius 2 is 1.60 bits per heavy atom. The van der Waals surface area contributed by atoms with Gasteiger partial charge in [0.05, 0.1) is 13.2 Å². The van der Waals surface area contributed by atoms with Crippen molar-refractivity contribution in [1.82, 2.24) is 0 Å².